The number of hydrogen-bond acceptors (Lipinski definition) is 4. The number of nitrogens with zero attached hydrogens (tertiary/aromatic N) is 5. The Bertz CT molecular complexity index is 1080. The molecule has 1 amide bonds. The Morgan fingerprint density at radius 3 is 2.62 bits per heavy atom. The maximum atomic E-state index is 14.7. The van der Waals surface area contributed by atoms with Crippen LogP contribution in [0.25, 0.3) is 5.69 Å². The first-order chi connectivity index (χ1) is 15.6. The van der Waals surface area contributed by atoms with E-state index in [1.807, 2.05) is 19.9 Å². The molecule has 32 heavy (non-hydrogen) atoms. The van der Waals surface area contributed by atoms with Crippen molar-refractivity contribution in [1.82, 2.24) is 24.7 Å². The molecule has 0 saturated carbocycles. The summed E-state index contributed by atoms with van der Waals surface area (Å²) in [5.74, 6) is 1.44. The number of furan rings is 1. The zero-order valence-electron chi connectivity index (χ0n) is 18.3. The van der Waals surface area contributed by atoms with Crippen LogP contribution in [-0.4, -0.2) is 63.9 Å². The van der Waals surface area contributed by atoms with Gasteiger partial charge in [-0.2, -0.15) is 0 Å². The summed E-state index contributed by atoms with van der Waals surface area (Å²) in [5, 5.41) is 3.30. The van der Waals surface area contributed by atoms with Gasteiger partial charge in [-0.05, 0) is 43.7 Å². The molecule has 4 rings (SSSR count). The van der Waals surface area contributed by atoms with Crippen LogP contribution in [0.15, 0.2) is 58.4 Å². The minimum absolute atomic E-state index is 0.0970. The summed E-state index contributed by atoms with van der Waals surface area (Å²) >= 11 is 0. The SMILES string of the molecule is CCNC(=NCc1ccc(-n2ccnc2C)c(F)c1)N1CCN(C(=O)c2ccco2)CC1. The molecule has 0 spiro atoms. The fourth-order valence-electron chi connectivity index (χ4n) is 3.75. The average Bonchev–Trinajstić information content (AvgIpc) is 3.49. The van der Waals surface area contributed by atoms with Gasteiger partial charge in [-0.1, -0.05) is 6.07 Å². The Hall–Kier alpha value is -3.62. The van der Waals surface area contributed by atoms with E-state index in [0.29, 0.717) is 44.2 Å². The van der Waals surface area contributed by atoms with Crippen molar-refractivity contribution < 1.29 is 13.6 Å². The first-order valence-electron chi connectivity index (χ1n) is 10.7. The molecule has 0 unspecified atom stereocenters. The van der Waals surface area contributed by atoms with E-state index in [0.717, 1.165) is 23.9 Å². The minimum Gasteiger partial charge on any atom is -0.459 e. The summed E-state index contributed by atoms with van der Waals surface area (Å²) in [6.45, 7) is 7.40. The standard InChI is InChI=1S/C23H27FN6O2/c1-3-25-23(29-12-10-28(11-13-29)22(31)21-5-4-14-32-21)27-16-18-6-7-20(19(24)15-18)30-9-8-26-17(30)2/h4-9,14-15H,3,10-13,16H2,1-2H3,(H,25,27). The van der Waals surface area contributed by atoms with Crippen LogP contribution in [0, 0.1) is 12.7 Å². The number of carbonyl (C=O) groups excluding carboxylic acids is 1. The van der Waals surface area contributed by atoms with Crippen LogP contribution >= 0.6 is 0 Å². The van der Waals surface area contributed by atoms with Gasteiger partial charge < -0.3 is 24.1 Å². The molecule has 1 aromatic carbocycles. The second kappa shape index (κ2) is 9.67. The number of amides is 1. The molecule has 9 heteroatoms. The molecule has 1 aliphatic rings. The molecule has 0 atom stereocenters. The normalized spacial score (nSPS) is 14.7. The molecule has 2 aromatic heterocycles. The molecule has 0 aliphatic carbocycles. The molecule has 8 nitrogen and oxygen atoms in total. The molecule has 1 saturated heterocycles. The molecule has 0 radical (unpaired) electrons. The highest BCUT2D eigenvalue weighted by molar-refractivity contribution is 5.91. The maximum Gasteiger partial charge on any atom is 0.289 e. The summed E-state index contributed by atoms with van der Waals surface area (Å²) in [6.07, 6.45) is 4.90. The van der Waals surface area contributed by atoms with Gasteiger partial charge in [0.1, 0.15) is 11.6 Å². The largest absolute Gasteiger partial charge is 0.459 e. The zero-order chi connectivity index (χ0) is 22.5. The lowest BCUT2D eigenvalue weighted by Gasteiger charge is -2.36. The van der Waals surface area contributed by atoms with Gasteiger partial charge in [0.2, 0.25) is 0 Å². The van der Waals surface area contributed by atoms with Crippen LogP contribution in [-0.2, 0) is 6.54 Å². The predicted molar refractivity (Wildman–Crippen MR) is 119 cm³/mol. The Kier molecular flexibility index (Phi) is 6.53. The van der Waals surface area contributed by atoms with Gasteiger partial charge >= 0.3 is 0 Å². The minimum atomic E-state index is -0.311. The molecule has 1 fully saturated rings. The fourth-order valence-corrected chi connectivity index (χ4v) is 3.75. The number of piperazine rings is 1. The van der Waals surface area contributed by atoms with Crippen molar-refractivity contribution in [2.24, 2.45) is 4.99 Å². The Morgan fingerprint density at radius 1 is 1.22 bits per heavy atom. The van der Waals surface area contributed by atoms with Crippen molar-refractivity contribution in [1.29, 1.82) is 0 Å². The smallest absolute Gasteiger partial charge is 0.289 e. The van der Waals surface area contributed by atoms with E-state index in [2.05, 4.69) is 15.2 Å². The molecule has 3 aromatic rings. The van der Waals surface area contributed by atoms with Crippen LogP contribution in [0.5, 0.6) is 0 Å². The number of rotatable bonds is 5. The summed E-state index contributed by atoms with van der Waals surface area (Å²) < 4.78 is 21.6. The number of nitrogens with one attached hydrogen (secondary N) is 1. The fraction of sp³-hybridized carbons (Fsp3) is 0.348. The van der Waals surface area contributed by atoms with E-state index < -0.39 is 0 Å². The summed E-state index contributed by atoms with van der Waals surface area (Å²) in [6, 6.07) is 8.54. The second-order valence-corrected chi connectivity index (χ2v) is 7.56. The van der Waals surface area contributed by atoms with Gasteiger partial charge in [0.25, 0.3) is 5.91 Å². The van der Waals surface area contributed by atoms with Gasteiger partial charge in [0.15, 0.2) is 11.7 Å². The lowest BCUT2D eigenvalue weighted by molar-refractivity contribution is 0.0657. The number of carbonyl (C=O) groups is 1. The lowest BCUT2D eigenvalue weighted by atomic mass is 10.2. The molecule has 1 aliphatic heterocycles. The van der Waals surface area contributed by atoms with Crippen molar-refractivity contribution >= 4 is 11.9 Å². The second-order valence-electron chi connectivity index (χ2n) is 7.56. The van der Waals surface area contributed by atoms with Crippen LogP contribution < -0.4 is 5.32 Å². The first-order valence-corrected chi connectivity index (χ1v) is 10.7. The van der Waals surface area contributed by atoms with Crippen molar-refractivity contribution in [3.8, 4) is 5.69 Å². The number of aliphatic imine (C=N–C) groups is 1. The molecule has 3 heterocycles. The van der Waals surface area contributed by atoms with Crippen molar-refractivity contribution in [3.05, 3.63) is 72.0 Å². The Morgan fingerprint density at radius 2 is 2.00 bits per heavy atom. The molecule has 1 N–H and O–H groups in total. The van der Waals surface area contributed by atoms with Gasteiger partial charge in [-0.3, -0.25) is 4.79 Å². The monoisotopic (exact) mass is 438 g/mol. The van der Waals surface area contributed by atoms with Crippen molar-refractivity contribution in [2.75, 3.05) is 32.7 Å². The summed E-state index contributed by atoms with van der Waals surface area (Å²) in [5.41, 5.74) is 1.25. The third-order valence-electron chi connectivity index (χ3n) is 5.44. The average molecular weight is 439 g/mol. The molecular weight excluding hydrogens is 411 g/mol. The van der Waals surface area contributed by atoms with E-state index in [4.69, 9.17) is 9.41 Å². The van der Waals surface area contributed by atoms with E-state index in [9.17, 15) is 9.18 Å². The Balaban J connectivity index is 1.41. The van der Waals surface area contributed by atoms with E-state index in [-0.39, 0.29) is 11.7 Å². The summed E-state index contributed by atoms with van der Waals surface area (Å²) in [7, 11) is 0. The van der Waals surface area contributed by atoms with E-state index in [1.165, 1.54) is 12.3 Å². The van der Waals surface area contributed by atoms with Gasteiger partial charge in [-0.25, -0.2) is 14.4 Å². The van der Waals surface area contributed by atoms with E-state index in [1.54, 1.807) is 40.1 Å². The number of halogens is 1. The lowest BCUT2D eigenvalue weighted by Crippen LogP contribution is -2.53. The number of aryl methyl sites for hydroxylation is 1. The maximum absolute atomic E-state index is 14.7. The Labute approximate surface area is 186 Å². The third-order valence-corrected chi connectivity index (χ3v) is 5.44. The van der Waals surface area contributed by atoms with Crippen molar-refractivity contribution in [3.63, 3.8) is 0 Å². The van der Waals surface area contributed by atoms with Crippen molar-refractivity contribution in [2.45, 2.75) is 20.4 Å². The number of guanidine groups is 1. The van der Waals surface area contributed by atoms with Crippen LogP contribution in [0.4, 0.5) is 4.39 Å². The first kappa shape index (κ1) is 21.6. The highest BCUT2D eigenvalue weighted by atomic mass is 19.1. The predicted octanol–water partition coefficient (Wildman–Crippen LogP) is 2.84. The zero-order valence-corrected chi connectivity index (χ0v) is 18.3. The molecular formula is C23H27FN6O2. The summed E-state index contributed by atoms with van der Waals surface area (Å²) in [4.78, 5) is 25.2. The van der Waals surface area contributed by atoms with E-state index >= 15 is 0 Å². The van der Waals surface area contributed by atoms with Crippen LogP contribution in [0.2, 0.25) is 0 Å². The molecule has 168 valence electrons. The quantitative estimate of drug-likeness (QED) is 0.490. The molecule has 0 bridgehead atoms. The van der Waals surface area contributed by atoms with Gasteiger partial charge in [0, 0.05) is 45.1 Å². The topological polar surface area (TPSA) is 78.9 Å². The number of imidazole rings is 1. The highest BCUT2D eigenvalue weighted by Crippen LogP contribution is 2.17. The number of benzene rings is 1. The highest BCUT2D eigenvalue weighted by Gasteiger charge is 2.25. The van der Waals surface area contributed by atoms with Gasteiger partial charge in [-0.15, -0.1) is 0 Å². The van der Waals surface area contributed by atoms with Gasteiger partial charge in [0.05, 0.1) is 18.5 Å². The number of aromatic nitrogens is 2. The van der Waals surface area contributed by atoms with Crippen LogP contribution in [0.1, 0.15) is 28.9 Å². The van der Waals surface area contributed by atoms with Crippen LogP contribution in [0.3, 0.4) is 0 Å². The number of hydrogen-bond donors (Lipinski definition) is 1. The third kappa shape index (κ3) is 4.66.